The average Bonchev–Trinajstić information content (AvgIpc) is 2.15. The molecule has 6 nitrogen and oxygen atoms in total. The van der Waals surface area contributed by atoms with Crippen molar-refractivity contribution in [3.8, 4) is 0 Å². The van der Waals surface area contributed by atoms with Gasteiger partial charge in [0.05, 0.1) is 11.1 Å². The van der Waals surface area contributed by atoms with E-state index in [4.69, 9.17) is 11.6 Å². The topological polar surface area (TPSA) is 77.5 Å². The van der Waals surface area contributed by atoms with Gasteiger partial charge in [-0.05, 0) is 13.0 Å². The number of nitro groups is 1. The van der Waals surface area contributed by atoms with Crippen LogP contribution in [0.1, 0.15) is 5.56 Å². The zero-order chi connectivity index (χ0) is 11.9. The first-order valence-corrected chi connectivity index (χ1v) is 4.71. The standard InChI is InChI=1S/C9H6ClN3O3/c1-5-2-8-11-7(10)3-9(14)12(8)4-6(5)13(15)16/h2-4H,1H3. The van der Waals surface area contributed by atoms with Gasteiger partial charge in [0.2, 0.25) is 0 Å². The highest BCUT2D eigenvalue weighted by Crippen LogP contribution is 2.18. The lowest BCUT2D eigenvalue weighted by molar-refractivity contribution is -0.385. The van der Waals surface area contributed by atoms with E-state index >= 15 is 0 Å². The van der Waals surface area contributed by atoms with Gasteiger partial charge in [-0.25, -0.2) is 4.98 Å². The van der Waals surface area contributed by atoms with Crippen LogP contribution < -0.4 is 5.56 Å². The summed E-state index contributed by atoms with van der Waals surface area (Å²) in [5.74, 6) is 0. The highest BCUT2D eigenvalue weighted by atomic mass is 35.5. The van der Waals surface area contributed by atoms with E-state index in [2.05, 4.69) is 4.98 Å². The predicted octanol–water partition coefficient (Wildman–Crippen LogP) is 1.56. The van der Waals surface area contributed by atoms with Gasteiger partial charge in [-0.2, -0.15) is 0 Å². The summed E-state index contributed by atoms with van der Waals surface area (Å²) in [5, 5.41) is 10.8. The molecule has 2 aromatic rings. The minimum atomic E-state index is -0.546. The van der Waals surface area contributed by atoms with E-state index in [0.717, 1.165) is 16.7 Å². The molecular weight excluding hydrogens is 234 g/mol. The third-order valence-electron chi connectivity index (χ3n) is 2.15. The Morgan fingerprint density at radius 2 is 2.19 bits per heavy atom. The van der Waals surface area contributed by atoms with Gasteiger partial charge in [0, 0.05) is 11.6 Å². The number of aromatic nitrogens is 2. The van der Waals surface area contributed by atoms with Gasteiger partial charge in [-0.15, -0.1) is 0 Å². The second-order valence-corrected chi connectivity index (χ2v) is 3.63. The fourth-order valence-electron chi connectivity index (χ4n) is 1.39. The van der Waals surface area contributed by atoms with Gasteiger partial charge in [0.15, 0.2) is 0 Å². The number of hydrogen-bond acceptors (Lipinski definition) is 4. The summed E-state index contributed by atoms with van der Waals surface area (Å²) in [7, 11) is 0. The Labute approximate surface area is 94.3 Å². The molecule has 2 heterocycles. The molecule has 7 heteroatoms. The second kappa shape index (κ2) is 3.57. The number of rotatable bonds is 1. The van der Waals surface area contributed by atoms with Crippen LogP contribution in [0.15, 0.2) is 23.1 Å². The maximum absolute atomic E-state index is 11.5. The molecule has 0 N–H and O–H groups in total. The first-order chi connectivity index (χ1) is 7.49. The van der Waals surface area contributed by atoms with Crippen LogP contribution in [-0.4, -0.2) is 14.3 Å². The van der Waals surface area contributed by atoms with Crippen LogP contribution in [-0.2, 0) is 0 Å². The van der Waals surface area contributed by atoms with E-state index in [1.807, 2.05) is 0 Å². The summed E-state index contributed by atoms with van der Waals surface area (Å²) >= 11 is 5.62. The Bertz CT molecular complexity index is 650. The third kappa shape index (κ3) is 1.63. The van der Waals surface area contributed by atoms with Crippen LogP contribution in [0.4, 0.5) is 5.69 Å². The van der Waals surface area contributed by atoms with E-state index in [-0.39, 0.29) is 10.8 Å². The Morgan fingerprint density at radius 3 is 2.81 bits per heavy atom. The molecule has 2 aromatic heterocycles. The molecule has 0 atom stereocenters. The third-order valence-corrected chi connectivity index (χ3v) is 2.34. The highest BCUT2D eigenvalue weighted by Gasteiger charge is 2.13. The van der Waals surface area contributed by atoms with Crippen LogP contribution in [0, 0.1) is 17.0 Å². The maximum Gasteiger partial charge on any atom is 0.289 e. The van der Waals surface area contributed by atoms with Gasteiger partial charge >= 0.3 is 0 Å². The average molecular weight is 240 g/mol. The van der Waals surface area contributed by atoms with Gasteiger partial charge in [-0.1, -0.05) is 11.6 Å². The molecule has 16 heavy (non-hydrogen) atoms. The number of halogens is 1. The molecule has 82 valence electrons. The predicted molar refractivity (Wildman–Crippen MR) is 57.9 cm³/mol. The summed E-state index contributed by atoms with van der Waals surface area (Å²) in [6.45, 7) is 1.57. The largest absolute Gasteiger partial charge is 0.289 e. The minimum absolute atomic E-state index is 0.0678. The maximum atomic E-state index is 11.5. The molecule has 0 aliphatic heterocycles. The smallest absolute Gasteiger partial charge is 0.269 e. The van der Waals surface area contributed by atoms with Crippen LogP contribution >= 0.6 is 11.6 Å². The van der Waals surface area contributed by atoms with E-state index in [1.54, 1.807) is 6.92 Å². The zero-order valence-electron chi connectivity index (χ0n) is 8.18. The summed E-state index contributed by atoms with van der Waals surface area (Å²) in [6, 6.07) is 2.55. The molecule has 0 aliphatic carbocycles. The SMILES string of the molecule is Cc1cc2nc(Cl)cc(=O)n2cc1[N+](=O)[O-]. The van der Waals surface area contributed by atoms with E-state index in [0.29, 0.717) is 11.2 Å². The molecule has 0 fully saturated rings. The quantitative estimate of drug-likeness (QED) is 0.430. The van der Waals surface area contributed by atoms with Crippen molar-refractivity contribution < 1.29 is 4.92 Å². The molecule has 0 amide bonds. The van der Waals surface area contributed by atoms with Gasteiger partial charge < -0.3 is 0 Å². The zero-order valence-corrected chi connectivity index (χ0v) is 8.93. The lowest BCUT2D eigenvalue weighted by atomic mass is 10.2. The normalized spacial score (nSPS) is 10.6. The lowest BCUT2D eigenvalue weighted by Crippen LogP contribution is -2.14. The number of fused-ring (bicyclic) bond motifs is 1. The van der Waals surface area contributed by atoms with E-state index in [1.165, 1.54) is 6.07 Å². The molecule has 0 unspecified atom stereocenters. The van der Waals surface area contributed by atoms with Crippen molar-refractivity contribution in [1.82, 2.24) is 9.38 Å². The Hall–Kier alpha value is -1.95. The summed E-state index contributed by atoms with van der Waals surface area (Å²) in [5.41, 5.74) is 0.150. The van der Waals surface area contributed by atoms with Crippen LogP contribution in [0.3, 0.4) is 0 Å². The van der Waals surface area contributed by atoms with Gasteiger partial charge in [0.1, 0.15) is 10.8 Å². The van der Waals surface area contributed by atoms with Crippen LogP contribution in [0.25, 0.3) is 5.65 Å². The Kier molecular flexibility index (Phi) is 2.35. The molecule has 0 saturated heterocycles. The lowest BCUT2D eigenvalue weighted by Gasteiger charge is -2.02. The molecule has 2 rings (SSSR count). The van der Waals surface area contributed by atoms with Crippen molar-refractivity contribution in [2.45, 2.75) is 6.92 Å². The van der Waals surface area contributed by atoms with Crippen molar-refractivity contribution in [3.63, 3.8) is 0 Å². The fourth-order valence-corrected chi connectivity index (χ4v) is 1.57. The van der Waals surface area contributed by atoms with Crippen molar-refractivity contribution in [2.24, 2.45) is 0 Å². The molecular formula is C9H6ClN3O3. The number of nitrogens with zero attached hydrogens (tertiary/aromatic N) is 3. The van der Waals surface area contributed by atoms with E-state index in [9.17, 15) is 14.9 Å². The number of aryl methyl sites for hydroxylation is 1. The molecule has 0 bridgehead atoms. The number of pyridine rings is 1. The Morgan fingerprint density at radius 1 is 1.50 bits per heavy atom. The van der Waals surface area contributed by atoms with Crippen molar-refractivity contribution in [3.05, 3.63) is 49.5 Å². The van der Waals surface area contributed by atoms with Gasteiger partial charge in [-0.3, -0.25) is 19.3 Å². The first-order valence-electron chi connectivity index (χ1n) is 4.33. The van der Waals surface area contributed by atoms with Crippen molar-refractivity contribution >= 4 is 22.9 Å². The van der Waals surface area contributed by atoms with Gasteiger partial charge in [0.25, 0.3) is 11.2 Å². The summed E-state index contributed by atoms with van der Waals surface area (Å²) < 4.78 is 1.09. The van der Waals surface area contributed by atoms with Crippen LogP contribution in [0.2, 0.25) is 5.15 Å². The van der Waals surface area contributed by atoms with Crippen LogP contribution in [0.5, 0.6) is 0 Å². The summed E-state index contributed by atoms with van der Waals surface area (Å²) in [6.07, 6.45) is 1.15. The van der Waals surface area contributed by atoms with Crippen molar-refractivity contribution in [1.29, 1.82) is 0 Å². The molecule has 0 spiro atoms. The molecule has 0 saturated carbocycles. The highest BCUT2D eigenvalue weighted by molar-refractivity contribution is 6.29. The molecule has 0 aliphatic rings. The summed E-state index contributed by atoms with van der Waals surface area (Å²) in [4.78, 5) is 25.5. The fraction of sp³-hybridized carbons (Fsp3) is 0.111. The minimum Gasteiger partial charge on any atom is -0.269 e. The second-order valence-electron chi connectivity index (χ2n) is 3.24. The monoisotopic (exact) mass is 239 g/mol. The van der Waals surface area contributed by atoms with Crippen molar-refractivity contribution in [2.75, 3.05) is 0 Å². The first kappa shape index (κ1) is 10.6. The number of hydrogen-bond donors (Lipinski definition) is 0. The van der Waals surface area contributed by atoms with E-state index < -0.39 is 10.5 Å². The Balaban J connectivity index is 2.90. The molecule has 0 radical (unpaired) electrons. The molecule has 0 aromatic carbocycles.